The second-order valence-corrected chi connectivity index (χ2v) is 9.63. The molecule has 7 N–H and O–H groups in total. The molecule has 4 atom stereocenters. The first-order valence-corrected chi connectivity index (χ1v) is 11.7. The topological polar surface area (TPSA) is 195 Å². The average molecular weight is 517 g/mol. The molecule has 0 saturated heterocycles. The number of ketones is 3. The normalized spacial score (nSPS) is 27.7. The summed E-state index contributed by atoms with van der Waals surface area (Å²) in [7, 11) is 0. The molecule has 0 aliphatic heterocycles. The molecule has 0 unspecified atom stereocenters. The summed E-state index contributed by atoms with van der Waals surface area (Å²) in [6, 6.07) is 10.8. The van der Waals surface area contributed by atoms with Gasteiger partial charge < -0.3 is 31.3 Å². The maximum absolute atomic E-state index is 13.8. The SMILES string of the molecule is CC(=O)c1cccc(/C=C2\c3cccc(O)c3C(O)=C3C(=O)[C@]4(O)C(O)=C(C(N)=O)C(=O)C[C@@H]4[C@@H](O)[C@@H]32)c1. The van der Waals surface area contributed by atoms with Gasteiger partial charge in [-0.2, -0.15) is 0 Å². The van der Waals surface area contributed by atoms with E-state index < -0.39 is 75.8 Å². The van der Waals surface area contributed by atoms with Gasteiger partial charge in [0.25, 0.3) is 5.91 Å². The third-order valence-electron chi connectivity index (χ3n) is 7.52. The second-order valence-electron chi connectivity index (χ2n) is 9.63. The predicted octanol–water partition coefficient (Wildman–Crippen LogP) is 1.60. The minimum Gasteiger partial charge on any atom is -0.508 e. The summed E-state index contributed by atoms with van der Waals surface area (Å²) in [5, 5.41) is 55.5. The quantitative estimate of drug-likeness (QED) is 0.259. The van der Waals surface area contributed by atoms with E-state index >= 15 is 0 Å². The molecule has 1 saturated carbocycles. The van der Waals surface area contributed by atoms with Gasteiger partial charge in [0.2, 0.25) is 5.78 Å². The van der Waals surface area contributed by atoms with Crippen LogP contribution in [0.15, 0.2) is 59.4 Å². The van der Waals surface area contributed by atoms with Gasteiger partial charge in [-0.05, 0) is 35.8 Å². The van der Waals surface area contributed by atoms with Crippen molar-refractivity contribution in [2.24, 2.45) is 17.6 Å². The zero-order valence-electron chi connectivity index (χ0n) is 20.0. The van der Waals surface area contributed by atoms with Crippen molar-refractivity contribution >= 4 is 40.7 Å². The summed E-state index contributed by atoms with van der Waals surface area (Å²) in [4.78, 5) is 50.2. The average Bonchev–Trinajstić information content (AvgIpc) is 2.86. The number of phenolic OH excluding ortho intramolecular Hbond substituents is 1. The van der Waals surface area contributed by atoms with Crippen LogP contribution in [-0.2, 0) is 14.4 Å². The summed E-state index contributed by atoms with van der Waals surface area (Å²) in [6.45, 7) is 1.39. The summed E-state index contributed by atoms with van der Waals surface area (Å²) >= 11 is 0. The van der Waals surface area contributed by atoms with Gasteiger partial charge >= 0.3 is 0 Å². The molecule has 194 valence electrons. The van der Waals surface area contributed by atoms with E-state index in [0.29, 0.717) is 11.1 Å². The Morgan fingerprint density at radius 2 is 1.76 bits per heavy atom. The number of primary amides is 1. The standard InChI is InChI=1S/C28H23NO9/c1-11(30)13-5-2-4-12(8-13)9-15-14-6-3-7-17(31)19(14)24(34)22-20(15)23(33)16-10-18(32)21(27(29)37)25(35)28(16,38)26(22)36/h2-9,16,20,23,31,33-35,38H,10H2,1H3,(H2,29,37)/b15-9+/t16-,20-,23-,28-/m1/s1. The first kappa shape index (κ1) is 25.1. The number of carbonyl (C=O) groups excluding carboxylic acids is 4. The van der Waals surface area contributed by atoms with E-state index in [2.05, 4.69) is 0 Å². The lowest BCUT2D eigenvalue weighted by Crippen LogP contribution is -2.63. The molecular formula is C28H23NO9. The van der Waals surface area contributed by atoms with Gasteiger partial charge in [0.1, 0.15) is 22.8 Å². The molecule has 0 aromatic heterocycles. The number of carbonyl (C=O) groups is 4. The third-order valence-corrected chi connectivity index (χ3v) is 7.52. The molecule has 5 rings (SSSR count). The van der Waals surface area contributed by atoms with Crippen molar-refractivity contribution < 1.29 is 44.7 Å². The number of benzene rings is 2. The summed E-state index contributed by atoms with van der Waals surface area (Å²) < 4.78 is 0. The van der Waals surface area contributed by atoms with Crippen molar-refractivity contribution in [3.8, 4) is 5.75 Å². The number of hydrogen-bond acceptors (Lipinski definition) is 9. The number of amides is 1. The van der Waals surface area contributed by atoms with Gasteiger partial charge in [-0.3, -0.25) is 19.2 Å². The molecule has 38 heavy (non-hydrogen) atoms. The molecule has 1 fully saturated rings. The van der Waals surface area contributed by atoms with Crippen LogP contribution in [0.4, 0.5) is 0 Å². The largest absolute Gasteiger partial charge is 0.508 e. The van der Waals surface area contributed by atoms with E-state index in [0.717, 1.165) is 0 Å². The Hall–Kier alpha value is -4.54. The van der Waals surface area contributed by atoms with Crippen LogP contribution in [0.2, 0.25) is 0 Å². The number of Topliss-reactive ketones (excluding diaryl/α,β-unsaturated/α-hetero) is 3. The number of fused-ring (bicyclic) bond motifs is 3. The Balaban J connectivity index is 1.81. The molecule has 0 spiro atoms. The van der Waals surface area contributed by atoms with Crippen molar-refractivity contribution in [2.45, 2.75) is 25.0 Å². The van der Waals surface area contributed by atoms with Gasteiger partial charge in [0.05, 0.1) is 17.2 Å². The fraction of sp³-hybridized carbons (Fsp3) is 0.214. The Morgan fingerprint density at radius 3 is 2.42 bits per heavy atom. The smallest absolute Gasteiger partial charge is 0.255 e. The highest BCUT2D eigenvalue weighted by Crippen LogP contribution is 2.55. The van der Waals surface area contributed by atoms with E-state index in [-0.39, 0.29) is 22.5 Å². The molecule has 3 aliphatic carbocycles. The minimum atomic E-state index is -2.93. The van der Waals surface area contributed by atoms with Gasteiger partial charge in [-0.1, -0.05) is 36.4 Å². The number of aliphatic hydroxyl groups is 4. The predicted molar refractivity (Wildman–Crippen MR) is 133 cm³/mol. The molecular weight excluding hydrogens is 494 g/mol. The van der Waals surface area contributed by atoms with Gasteiger partial charge in [0.15, 0.2) is 17.2 Å². The molecule has 2 aromatic rings. The number of aliphatic hydroxyl groups excluding tert-OH is 3. The highest BCUT2D eigenvalue weighted by atomic mass is 16.4. The van der Waals surface area contributed by atoms with Gasteiger partial charge in [-0.15, -0.1) is 0 Å². The van der Waals surface area contributed by atoms with Crippen LogP contribution >= 0.6 is 0 Å². The fourth-order valence-electron chi connectivity index (χ4n) is 5.72. The molecule has 0 radical (unpaired) electrons. The van der Waals surface area contributed by atoms with Crippen LogP contribution in [0, 0.1) is 11.8 Å². The second kappa shape index (κ2) is 8.51. The summed E-state index contributed by atoms with van der Waals surface area (Å²) in [5.74, 6) is -9.09. The van der Waals surface area contributed by atoms with E-state index in [1.807, 2.05) is 0 Å². The molecule has 0 heterocycles. The lowest BCUT2D eigenvalue weighted by molar-refractivity contribution is -0.157. The van der Waals surface area contributed by atoms with Crippen molar-refractivity contribution in [1.29, 1.82) is 0 Å². The molecule has 0 bridgehead atoms. The maximum Gasteiger partial charge on any atom is 0.255 e. The first-order valence-electron chi connectivity index (χ1n) is 11.7. The van der Waals surface area contributed by atoms with Crippen molar-refractivity contribution in [2.75, 3.05) is 0 Å². The van der Waals surface area contributed by atoms with Gasteiger partial charge in [0, 0.05) is 23.8 Å². The van der Waals surface area contributed by atoms with Crippen molar-refractivity contribution in [1.82, 2.24) is 0 Å². The van der Waals surface area contributed by atoms with E-state index in [4.69, 9.17) is 5.73 Å². The maximum atomic E-state index is 13.8. The zero-order valence-corrected chi connectivity index (χ0v) is 20.0. The van der Waals surface area contributed by atoms with E-state index in [9.17, 15) is 44.7 Å². The molecule has 10 nitrogen and oxygen atoms in total. The lowest BCUT2D eigenvalue weighted by atomic mass is 9.56. The monoisotopic (exact) mass is 517 g/mol. The highest BCUT2D eigenvalue weighted by molar-refractivity contribution is 6.23. The highest BCUT2D eigenvalue weighted by Gasteiger charge is 2.64. The Labute approximate surface area is 215 Å². The molecule has 10 heteroatoms. The number of phenols is 1. The molecule has 3 aliphatic rings. The van der Waals surface area contributed by atoms with Crippen LogP contribution in [0.1, 0.15) is 40.4 Å². The fourth-order valence-corrected chi connectivity index (χ4v) is 5.72. The van der Waals surface area contributed by atoms with Crippen LogP contribution in [0.3, 0.4) is 0 Å². The summed E-state index contributed by atoms with van der Waals surface area (Å²) in [5.41, 5.74) is 2.05. The number of rotatable bonds is 3. The van der Waals surface area contributed by atoms with Crippen LogP contribution in [0.25, 0.3) is 17.4 Å². The van der Waals surface area contributed by atoms with Crippen LogP contribution < -0.4 is 5.73 Å². The number of nitrogens with two attached hydrogens (primary N) is 1. The number of aromatic hydroxyl groups is 1. The van der Waals surface area contributed by atoms with Gasteiger partial charge in [-0.25, -0.2) is 0 Å². The van der Waals surface area contributed by atoms with E-state index in [1.165, 1.54) is 19.1 Å². The summed E-state index contributed by atoms with van der Waals surface area (Å²) in [6.07, 6.45) is -0.832. The Bertz CT molecular complexity index is 1560. The van der Waals surface area contributed by atoms with Crippen molar-refractivity contribution in [3.05, 3.63) is 81.6 Å². The Morgan fingerprint density at radius 1 is 1.08 bits per heavy atom. The number of hydrogen-bond donors (Lipinski definition) is 6. The van der Waals surface area contributed by atoms with Crippen molar-refractivity contribution in [3.63, 3.8) is 0 Å². The van der Waals surface area contributed by atoms with Crippen LogP contribution in [-0.4, -0.2) is 60.5 Å². The van der Waals surface area contributed by atoms with E-state index in [1.54, 1.807) is 36.4 Å². The third kappa shape index (κ3) is 3.34. The zero-order chi connectivity index (χ0) is 27.7. The lowest BCUT2D eigenvalue weighted by Gasteiger charge is -2.49. The molecule has 1 amide bonds. The first-order chi connectivity index (χ1) is 17.9. The molecule has 2 aromatic carbocycles. The Kier molecular flexibility index (Phi) is 5.62. The van der Waals surface area contributed by atoms with Crippen LogP contribution in [0.5, 0.6) is 5.75 Å². The minimum absolute atomic E-state index is 0.152.